The second-order valence-electron chi connectivity index (χ2n) is 9.72. The van der Waals surface area contributed by atoms with Crippen molar-refractivity contribution in [2.45, 2.75) is 105 Å². The van der Waals surface area contributed by atoms with E-state index in [1.807, 2.05) is 13.8 Å². The minimum atomic E-state index is -1.88. The van der Waals surface area contributed by atoms with E-state index < -0.39 is 8.32 Å². The summed E-state index contributed by atoms with van der Waals surface area (Å²) < 4.78 is 13.2. The van der Waals surface area contributed by atoms with Gasteiger partial charge in [-0.2, -0.15) is 0 Å². The Morgan fingerprint density at radius 2 is 1.69 bits per heavy atom. The summed E-state index contributed by atoms with van der Waals surface area (Å²) in [5, 5.41) is 0.167. The van der Waals surface area contributed by atoms with Gasteiger partial charge in [-0.3, -0.25) is 4.79 Å². The van der Waals surface area contributed by atoms with Crippen LogP contribution in [0.1, 0.15) is 75.2 Å². The van der Waals surface area contributed by atoms with Crippen LogP contribution in [0.25, 0.3) is 0 Å². The molecule has 1 rings (SSSR count). The lowest BCUT2D eigenvalue weighted by atomic mass is 9.82. The van der Waals surface area contributed by atoms with Crippen LogP contribution in [0.4, 0.5) is 0 Å². The molecule has 5 atom stereocenters. The molecule has 0 N–H and O–H groups in total. The lowest BCUT2D eigenvalue weighted by Gasteiger charge is -2.43. The van der Waals surface area contributed by atoms with Gasteiger partial charge in [0.15, 0.2) is 14.1 Å². The molecule has 0 saturated carbocycles. The zero-order valence-corrected chi connectivity index (χ0v) is 20.0. The van der Waals surface area contributed by atoms with Crippen LogP contribution >= 0.6 is 0 Å². The molecule has 1 heterocycles. The quantitative estimate of drug-likeness (QED) is 0.481. The molecule has 0 aliphatic carbocycles. The monoisotopic (exact) mass is 382 g/mol. The second-order valence-corrected chi connectivity index (χ2v) is 14.5. The topological polar surface area (TPSA) is 35.5 Å². The van der Waals surface area contributed by atoms with Crippen LogP contribution in [0.5, 0.6) is 0 Å². The minimum absolute atomic E-state index is 0.0287. The summed E-state index contributed by atoms with van der Waals surface area (Å²) in [6.07, 6.45) is 1.99. The van der Waals surface area contributed by atoms with Gasteiger partial charge < -0.3 is 9.16 Å². The Hall–Kier alpha value is -0.613. The van der Waals surface area contributed by atoms with Crippen LogP contribution in [0, 0.1) is 17.8 Å². The average molecular weight is 383 g/mol. The van der Waals surface area contributed by atoms with E-state index in [4.69, 9.17) is 9.16 Å². The molecule has 0 bridgehead atoms. The van der Waals surface area contributed by atoms with Gasteiger partial charge in [0.2, 0.25) is 0 Å². The number of ketones is 1. The second kappa shape index (κ2) is 8.60. The van der Waals surface area contributed by atoms with Crippen LogP contribution in [-0.2, 0) is 14.0 Å². The first-order valence-electron chi connectivity index (χ1n) is 10.4. The molecule has 152 valence electrons. The molecule has 1 aliphatic rings. The van der Waals surface area contributed by atoms with E-state index >= 15 is 0 Å². The number of hydrogen-bond donors (Lipinski definition) is 0. The minimum Gasteiger partial charge on any atom is -0.493 e. The number of hydrogen-bond acceptors (Lipinski definition) is 3. The van der Waals surface area contributed by atoms with Gasteiger partial charge in [0.1, 0.15) is 11.9 Å². The molecule has 0 radical (unpaired) electrons. The third-order valence-electron chi connectivity index (χ3n) is 6.74. The fourth-order valence-electron chi connectivity index (χ4n) is 3.50. The van der Waals surface area contributed by atoms with Crippen molar-refractivity contribution in [3.63, 3.8) is 0 Å². The summed E-state index contributed by atoms with van der Waals surface area (Å²) >= 11 is 0. The van der Waals surface area contributed by atoms with Crippen molar-refractivity contribution in [1.82, 2.24) is 0 Å². The Morgan fingerprint density at radius 1 is 1.15 bits per heavy atom. The SMILES string of the molecule is CC[C@H](O[Si](C)(C)C(C)(C)C)[C@@H](C)C1=C(C)C(=O)[C@H](C)[C@@H]([C@@H](C)CC)O1. The van der Waals surface area contributed by atoms with Crippen LogP contribution in [-0.4, -0.2) is 26.3 Å². The maximum Gasteiger partial charge on any atom is 0.192 e. The van der Waals surface area contributed by atoms with E-state index in [2.05, 4.69) is 61.6 Å². The van der Waals surface area contributed by atoms with E-state index in [0.717, 1.165) is 24.2 Å². The van der Waals surface area contributed by atoms with Crippen molar-refractivity contribution in [2.75, 3.05) is 0 Å². The first-order chi connectivity index (χ1) is 11.8. The lowest BCUT2D eigenvalue weighted by Crippen LogP contribution is -2.47. The Bertz CT molecular complexity index is 530. The molecule has 0 aromatic rings. The molecular weight excluding hydrogens is 340 g/mol. The van der Waals surface area contributed by atoms with Crippen LogP contribution in [0.3, 0.4) is 0 Å². The van der Waals surface area contributed by atoms with E-state index in [9.17, 15) is 4.79 Å². The Kier molecular flexibility index (Phi) is 7.75. The summed E-state index contributed by atoms with van der Waals surface area (Å²) in [6.45, 7) is 24.0. The molecule has 0 amide bonds. The van der Waals surface area contributed by atoms with Gasteiger partial charge in [-0.1, -0.05) is 61.8 Å². The van der Waals surface area contributed by atoms with Gasteiger partial charge in [-0.05, 0) is 37.4 Å². The van der Waals surface area contributed by atoms with Crippen LogP contribution in [0.15, 0.2) is 11.3 Å². The normalized spacial score (nSPS) is 25.7. The van der Waals surface area contributed by atoms with Gasteiger partial charge in [0.05, 0.1) is 12.0 Å². The van der Waals surface area contributed by atoms with E-state index in [1.54, 1.807) is 0 Å². The first kappa shape index (κ1) is 23.4. The molecule has 0 unspecified atom stereocenters. The molecule has 0 spiro atoms. The molecule has 4 heteroatoms. The van der Waals surface area contributed by atoms with Gasteiger partial charge in [-0.15, -0.1) is 0 Å². The molecule has 0 aromatic heterocycles. The summed E-state index contributed by atoms with van der Waals surface area (Å²) in [5.41, 5.74) is 0.793. The highest BCUT2D eigenvalue weighted by atomic mass is 28.4. The fourth-order valence-corrected chi connectivity index (χ4v) is 4.98. The lowest BCUT2D eigenvalue weighted by molar-refractivity contribution is -0.128. The van der Waals surface area contributed by atoms with E-state index in [0.29, 0.717) is 5.92 Å². The number of Topliss-reactive ketones (excluding diaryl/α,β-unsaturated/α-hetero) is 1. The van der Waals surface area contributed by atoms with Crippen molar-refractivity contribution in [3.05, 3.63) is 11.3 Å². The van der Waals surface area contributed by atoms with Gasteiger partial charge in [0.25, 0.3) is 0 Å². The highest BCUT2D eigenvalue weighted by Gasteiger charge is 2.43. The predicted octanol–water partition coefficient (Wildman–Crippen LogP) is 6.35. The number of rotatable bonds is 7. The third-order valence-corrected chi connectivity index (χ3v) is 11.2. The Balaban J connectivity index is 3.15. The van der Waals surface area contributed by atoms with Crippen molar-refractivity contribution in [1.29, 1.82) is 0 Å². The molecule has 3 nitrogen and oxygen atoms in total. The molecule has 26 heavy (non-hydrogen) atoms. The number of allylic oxidation sites excluding steroid dienone is 1. The standard InChI is InChI=1S/C22H42O3Si/c1-12-14(3)20-16(5)19(23)17(6)21(24-20)15(4)18(13-2)25-26(10,11)22(7,8)9/h14-16,18,20H,12-13H2,1-11H3/t14-,15+,16-,18-,20+/m0/s1. The Labute approximate surface area is 163 Å². The summed E-state index contributed by atoms with van der Waals surface area (Å²) in [4.78, 5) is 12.9. The van der Waals surface area contributed by atoms with Gasteiger partial charge in [-0.25, -0.2) is 0 Å². The molecule has 0 aromatic carbocycles. The zero-order chi connectivity index (χ0) is 20.4. The van der Waals surface area contributed by atoms with Crippen LogP contribution in [0.2, 0.25) is 18.1 Å². The fraction of sp³-hybridized carbons (Fsp3) is 0.864. The van der Waals surface area contributed by atoms with Crippen molar-refractivity contribution < 1.29 is 14.0 Å². The summed E-state index contributed by atoms with van der Waals surface area (Å²) in [6, 6.07) is 0. The third kappa shape index (κ3) is 4.81. The van der Waals surface area contributed by atoms with Crippen molar-refractivity contribution in [3.8, 4) is 0 Å². The van der Waals surface area contributed by atoms with Crippen molar-refractivity contribution >= 4 is 14.1 Å². The van der Waals surface area contributed by atoms with Crippen LogP contribution < -0.4 is 0 Å². The summed E-state index contributed by atoms with van der Waals surface area (Å²) in [7, 11) is -1.88. The first-order valence-corrected chi connectivity index (χ1v) is 13.3. The maximum atomic E-state index is 12.9. The predicted molar refractivity (Wildman–Crippen MR) is 113 cm³/mol. The number of carbonyl (C=O) groups is 1. The molecule has 0 fully saturated rings. The molecule has 0 saturated heterocycles. The van der Waals surface area contributed by atoms with E-state index in [1.165, 1.54) is 0 Å². The van der Waals surface area contributed by atoms with Gasteiger partial charge in [0, 0.05) is 11.5 Å². The van der Waals surface area contributed by atoms with Crippen molar-refractivity contribution in [2.24, 2.45) is 17.8 Å². The number of ether oxygens (including phenoxy) is 1. The highest BCUT2D eigenvalue weighted by Crippen LogP contribution is 2.41. The maximum absolute atomic E-state index is 12.9. The smallest absolute Gasteiger partial charge is 0.192 e. The largest absolute Gasteiger partial charge is 0.493 e. The zero-order valence-electron chi connectivity index (χ0n) is 19.0. The average Bonchev–Trinajstić information content (AvgIpc) is 2.55. The van der Waals surface area contributed by atoms with Gasteiger partial charge >= 0.3 is 0 Å². The summed E-state index contributed by atoms with van der Waals surface area (Å²) in [5.74, 6) is 1.50. The molecular formula is C22H42O3Si. The molecule has 1 aliphatic heterocycles. The van der Waals surface area contributed by atoms with E-state index in [-0.39, 0.29) is 34.9 Å². The number of carbonyl (C=O) groups excluding carboxylic acids is 1. The Morgan fingerprint density at radius 3 is 2.12 bits per heavy atom. The highest BCUT2D eigenvalue weighted by molar-refractivity contribution is 6.74.